The van der Waals surface area contributed by atoms with E-state index in [-0.39, 0.29) is 10.5 Å². The molecule has 0 spiro atoms. The van der Waals surface area contributed by atoms with Crippen LogP contribution in [-0.4, -0.2) is 25.8 Å². The summed E-state index contributed by atoms with van der Waals surface area (Å²) in [6.07, 6.45) is 1.95. The Morgan fingerprint density at radius 3 is 2.78 bits per heavy atom. The molecule has 96 valence electrons. The zero-order chi connectivity index (χ0) is 13.2. The molecule has 0 aromatic heterocycles. The Hall–Kier alpha value is -1.38. The van der Waals surface area contributed by atoms with E-state index in [0.29, 0.717) is 19.0 Å². The van der Waals surface area contributed by atoms with E-state index in [1.807, 2.05) is 6.07 Å². The van der Waals surface area contributed by atoms with Crippen molar-refractivity contribution >= 4 is 10.0 Å². The minimum atomic E-state index is -3.53. The van der Waals surface area contributed by atoms with Crippen molar-refractivity contribution in [2.75, 3.05) is 13.1 Å². The van der Waals surface area contributed by atoms with Crippen LogP contribution in [0.1, 0.15) is 25.3 Å². The molecule has 1 aliphatic heterocycles. The number of sulfonamides is 1. The first kappa shape index (κ1) is 13.1. The van der Waals surface area contributed by atoms with Crippen molar-refractivity contribution in [2.24, 2.45) is 5.92 Å². The summed E-state index contributed by atoms with van der Waals surface area (Å²) < 4.78 is 26.5. The first-order chi connectivity index (χ1) is 8.55. The molecule has 1 aromatic rings. The van der Waals surface area contributed by atoms with Gasteiger partial charge in [-0.2, -0.15) is 9.57 Å². The van der Waals surface area contributed by atoms with Crippen LogP contribution in [0.4, 0.5) is 0 Å². The van der Waals surface area contributed by atoms with Crippen LogP contribution >= 0.6 is 0 Å². The molecule has 0 amide bonds. The van der Waals surface area contributed by atoms with Crippen LogP contribution in [-0.2, 0) is 10.0 Å². The molecule has 0 saturated carbocycles. The van der Waals surface area contributed by atoms with E-state index in [2.05, 4.69) is 6.92 Å². The van der Waals surface area contributed by atoms with Crippen LogP contribution in [0, 0.1) is 17.2 Å². The highest BCUT2D eigenvalue weighted by Crippen LogP contribution is 2.25. The Bertz CT molecular complexity index is 575. The van der Waals surface area contributed by atoms with Crippen LogP contribution < -0.4 is 0 Å². The summed E-state index contributed by atoms with van der Waals surface area (Å²) in [5, 5.41) is 9.00. The molecule has 1 fully saturated rings. The smallest absolute Gasteiger partial charge is 0.207 e. The van der Waals surface area contributed by atoms with Gasteiger partial charge >= 0.3 is 0 Å². The minimum absolute atomic E-state index is 0.126. The Kier molecular flexibility index (Phi) is 3.69. The summed E-state index contributed by atoms with van der Waals surface area (Å²) in [7, 11) is -3.53. The molecule has 1 aliphatic rings. The highest BCUT2D eigenvalue weighted by atomic mass is 32.2. The zero-order valence-corrected chi connectivity index (χ0v) is 11.2. The molecule has 5 heteroatoms. The maximum atomic E-state index is 12.5. The van der Waals surface area contributed by atoms with Gasteiger partial charge in [-0.05, 0) is 30.9 Å². The van der Waals surface area contributed by atoms with E-state index in [1.54, 1.807) is 18.2 Å². The molecule has 0 aliphatic carbocycles. The number of benzene rings is 1. The standard InChI is InChI=1S/C13H16N2O2S/c1-11-5-4-8-15(10-11)18(16,17)13-7-3-2-6-12(13)9-14/h2-3,6-7,11H,4-5,8,10H2,1H3. The summed E-state index contributed by atoms with van der Waals surface area (Å²) >= 11 is 0. The first-order valence-corrected chi connectivity index (χ1v) is 7.49. The Balaban J connectivity index is 2.39. The molecule has 1 aromatic carbocycles. The number of rotatable bonds is 2. The molecule has 0 bridgehead atoms. The normalized spacial score (nSPS) is 21.4. The van der Waals surface area contributed by atoms with Crippen LogP contribution in [0.5, 0.6) is 0 Å². The van der Waals surface area contributed by atoms with Gasteiger partial charge in [0, 0.05) is 13.1 Å². The molecular formula is C13H16N2O2S. The van der Waals surface area contributed by atoms with Crippen molar-refractivity contribution in [1.82, 2.24) is 4.31 Å². The third-order valence-electron chi connectivity index (χ3n) is 3.25. The number of hydrogen-bond acceptors (Lipinski definition) is 3. The average Bonchev–Trinajstić information content (AvgIpc) is 2.38. The molecule has 18 heavy (non-hydrogen) atoms. The van der Waals surface area contributed by atoms with Crippen LogP contribution in [0.2, 0.25) is 0 Å². The molecule has 0 radical (unpaired) electrons. The molecule has 4 nitrogen and oxygen atoms in total. The maximum Gasteiger partial charge on any atom is 0.244 e. The summed E-state index contributed by atoms with van der Waals surface area (Å²) in [6.45, 7) is 3.15. The van der Waals surface area contributed by atoms with Crippen LogP contribution in [0.15, 0.2) is 29.2 Å². The highest BCUT2D eigenvalue weighted by molar-refractivity contribution is 7.89. The predicted molar refractivity (Wildman–Crippen MR) is 68.3 cm³/mol. The fourth-order valence-corrected chi connectivity index (χ4v) is 4.03. The molecular weight excluding hydrogens is 248 g/mol. The lowest BCUT2D eigenvalue weighted by Crippen LogP contribution is -2.39. The van der Waals surface area contributed by atoms with Crippen LogP contribution in [0.25, 0.3) is 0 Å². The van der Waals surface area contributed by atoms with Gasteiger partial charge in [0.25, 0.3) is 0 Å². The van der Waals surface area contributed by atoms with Gasteiger partial charge in [0.15, 0.2) is 0 Å². The van der Waals surface area contributed by atoms with E-state index in [4.69, 9.17) is 5.26 Å². The van der Waals surface area contributed by atoms with Crippen molar-refractivity contribution in [1.29, 1.82) is 5.26 Å². The Labute approximate surface area is 108 Å². The Morgan fingerprint density at radius 2 is 2.11 bits per heavy atom. The van der Waals surface area contributed by atoms with Gasteiger partial charge in [-0.3, -0.25) is 0 Å². The van der Waals surface area contributed by atoms with E-state index in [1.165, 1.54) is 10.4 Å². The lowest BCUT2D eigenvalue weighted by molar-refractivity contribution is 0.281. The quantitative estimate of drug-likeness (QED) is 0.820. The third kappa shape index (κ3) is 2.40. The first-order valence-electron chi connectivity index (χ1n) is 6.05. The monoisotopic (exact) mass is 264 g/mol. The van der Waals surface area contributed by atoms with Crippen molar-refractivity contribution in [3.05, 3.63) is 29.8 Å². The average molecular weight is 264 g/mol. The number of nitrogens with zero attached hydrogens (tertiary/aromatic N) is 2. The third-order valence-corrected chi connectivity index (χ3v) is 5.17. The summed E-state index contributed by atoms with van der Waals surface area (Å²) in [5.74, 6) is 0.378. The number of nitriles is 1. The summed E-state index contributed by atoms with van der Waals surface area (Å²) in [6, 6.07) is 8.33. The van der Waals surface area contributed by atoms with Gasteiger partial charge in [0.05, 0.1) is 10.5 Å². The largest absolute Gasteiger partial charge is 0.244 e. The molecule has 0 N–H and O–H groups in total. The van der Waals surface area contributed by atoms with Gasteiger partial charge in [0.1, 0.15) is 6.07 Å². The summed E-state index contributed by atoms with van der Waals surface area (Å²) in [5.41, 5.74) is 0.218. The van der Waals surface area contributed by atoms with E-state index < -0.39 is 10.0 Å². The zero-order valence-electron chi connectivity index (χ0n) is 10.3. The SMILES string of the molecule is CC1CCCN(S(=O)(=O)c2ccccc2C#N)C1. The second kappa shape index (κ2) is 5.09. The molecule has 1 heterocycles. The number of piperidine rings is 1. The van der Waals surface area contributed by atoms with Gasteiger partial charge < -0.3 is 0 Å². The minimum Gasteiger partial charge on any atom is -0.207 e. The topological polar surface area (TPSA) is 61.2 Å². The maximum absolute atomic E-state index is 12.5. The fourth-order valence-electron chi connectivity index (χ4n) is 2.29. The van der Waals surface area contributed by atoms with E-state index >= 15 is 0 Å². The lowest BCUT2D eigenvalue weighted by Gasteiger charge is -2.30. The van der Waals surface area contributed by atoms with Crippen LogP contribution in [0.3, 0.4) is 0 Å². The van der Waals surface area contributed by atoms with Gasteiger partial charge in [-0.1, -0.05) is 19.1 Å². The molecule has 1 saturated heterocycles. The molecule has 1 atom stereocenters. The second-order valence-corrected chi connectivity index (χ2v) is 6.62. The fraction of sp³-hybridized carbons (Fsp3) is 0.462. The van der Waals surface area contributed by atoms with Crippen molar-refractivity contribution < 1.29 is 8.42 Å². The second-order valence-electron chi connectivity index (χ2n) is 4.72. The van der Waals surface area contributed by atoms with Crippen molar-refractivity contribution in [3.8, 4) is 6.07 Å². The highest BCUT2D eigenvalue weighted by Gasteiger charge is 2.30. The van der Waals surface area contributed by atoms with E-state index in [9.17, 15) is 8.42 Å². The number of hydrogen-bond donors (Lipinski definition) is 0. The Morgan fingerprint density at radius 1 is 1.39 bits per heavy atom. The summed E-state index contributed by atoms with van der Waals surface area (Å²) in [4.78, 5) is 0.126. The molecule has 2 rings (SSSR count). The van der Waals surface area contributed by atoms with E-state index in [0.717, 1.165) is 12.8 Å². The van der Waals surface area contributed by atoms with Gasteiger partial charge in [0.2, 0.25) is 10.0 Å². The van der Waals surface area contributed by atoms with Gasteiger partial charge in [-0.25, -0.2) is 8.42 Å². The predicted octanol–water partition coefficient (Wildman–Crippen LogP) is 1.98. The lowest BCUT2D eigenvalue weighted by atomic mass is 10.0. The molecule has 1 unspecified atom stereocenters. The van der Waals surface area contributed by atoms with Crippen molar-refractivity contribution in [3.63, 3.8) is 0 Å². The van der Waals surface area contributed by atoms with Gasteiger partial charge in [-0.15, -0.1) is 0 Å². The van der Waals surface area contributed by atoms with Crippen molar-refractivity contribution in [2.45, 2.75) is 24.7 Å².